The van der Waals surface area contributed by atoms with Gasteiger partial charge in [0.15, 0.2) is 0 Å². The van der Waals surface area contributed by atoms with E-state index < -0.39 is 0 Å². The number of nitrogens with one attached hydrogen (secondary N) is 1. The van der Waals surface area contributed by atoms with Crippen molar-refractivity contribution in [2.24, 2.45) is 12.0 Å². The number of aryl methyl sites for hydroxylation is 1. The quantitative estimate of drug-likeness (QED) is 0.731. The van der Waals surface area contributed by atoms with E-state index in [2.05, 4.69) is 33.2 Å². The zero-order valence-electron chi connectivity index (χ0n) is 12.6. The number of anilines is 1. The van der Waals surface area contributed by atoms with Crippen LogP contribution in [0.5, 0.6) is 0 Å². The Hall–Kier alpha value is -2.88. The molecule has 4 heteroatoms. The molecule has 0 saturated carbocycles. The van der Waals surface area contributed by atoms with Gasteiger partial charge in [-0.3, -0.25) is 9.79 Å². The first kappa shape index (κ1) is 14.1. The summed E-state index contributed by atoms with van der Waals surface area (Å²) in [6, 6.07) is 15.7. The fraction of sp³-hybridized carbons (Fsp3) is 0.111. The number of hydrogen-bond acceptors (Lipinski definition) is 2. The Morgan fingerprint density at radius 3 is 2.59 bits per heavy atom. The van der Waals surface area contributed by atoms with Crippen molar-refractivity contribution in [1.82, 2.24) is 4.57 Å². The first-order valence-corrected chi connectivity index (χ1v) is 7.09. The lowest BCUT2D eigenvalue weighted by atomic mass is 10.2. The summed E-state index contributed by atoms with van der Waals surface area (Å²) in [5.74, 6) is -0.0768. The molecule has 1 amide bonds. The summed E-state index contributed by atoms with van der Waals surface area (Å²) in [6.45, 7) is 1.49. The molecule has 0 saturated heterocycles. The molecule has 1 N–H and O–H groups in total. The van der Waals surface area contributed by atoms with Gasteiger partial charge in [-0.05, 0) is 30.3 Å². The van der Waals surface area contributed by atoms with Crippen LogP contribution in [0.15, 0.2) is 59.7 Å². The molecule has 3 aromatic rings. The predicted molar refractivity (Wildman–Crippen MR) is 90.9 cm³/mol. The molecule has 2 aromatic carbocycles. The molecule has 4 nitrogen and oxygen atoms in total. The molecule has 3 rings (SSSR count). The van der Waals surface area contributed by atoms with Gasteiger partial charge in [0.1, 0.15) is 0 Å². The van der Waals surface area contributed by atoms with Crippen molar-refractivity contribution in [2.45, 2.75) is 6.92 Å². The number of benzene rings is 2. The molecule has 0 spiro atoms. The van der Waals surface area contributed by atoms with Crippen molar-refractivity contribution in [3.05, 3.63) is 60.3 Å². The molecule has 22 heavy (non-hydrogen) atoms. The second-order valence-electron chi connectivity index (χ2n) is 5.20. The van der Waals surface area contributed by atoms with Crippen molar-refractivity contribution in [3.63, 3.8) is 0 Å². The zero-order chi connectivity index (χ0) is 15.5. The number of amides is 1. The van der Waals surface area contributed by atoms with Crippen molar-refractivity contribution >= 4 is 34.4 Å². The van der Waals surface area contributed by atoms with E-state index in [4.69, 9.17) is 0 Å². The molecule has 1 aromatic heterocycles. The lowest BCUT2D eigenvalue weighted by Gasteiger charge is -2.01. The van der Waals surface area contributed by atoms with Gasteiger partial charge in [-0.15, -0.1) is 0 Å². The molecule has 0 aliphatic heterocycles. The van der Waals surface area contributed by atoms with Crippen molar-refractivity contribution in [2.75, 3.05) is 5.32 Å². The number of fused-ring (bicyclic) bond motifs is 1. The normalized spacial score (nSPS) is 11.2. The Balaban J connectivity index is 1.85. The van der Waals surface area contributed by atoms with Gasteiger partial charge < -0.3 is 9.88 Å². The van der Waals surface area contributed by atoms with Crippen LogP contribution in [0.3, 0.4) is 0 Å². The van der Waals surface area contributed by atoms with Crippen LogP contribution in [-0.2, 0) is 11.8 Å². The largest absolute Gasteiger partial charge is 0.350 e. The van der Waals surface area contributed by atoms with Gasteiger partial charge in [-0.25, -0.2) is 0 Å². The van der Waals surface area contributed by atoms with Gasteiger partial charge in [0.2, 0.25) is 5.91 Å². The summed E-state index contributed by atoms with van der Waals surface area (Å²) < 4.78 is 2.09. The van der Waals surface area contributed by atoms with Crippen molar-refractivity contribution < 1.29 is 4.79 Å². The summed E-state index contributed by atoms with van der Waals surface area (Å²) >= 11 is 0. The molecular formula is C18H17N3O. The number of carbonyl (C=O) groups is 1. The summed E-state index contributed by atoms with van der Waals surface area (Å²) in [5.41, 5.74) is 3.90. The lowest BCUT2D eigenvalue weighted by molar-refractivity contribution is -0.114. The number of para-hydroxylation sites is 1. The van der Waals surface area contributed by atoms with Crippen LogP contribution < -0.4 is 5.32 Å². The molecule has 0 radical (unpaired) electrons. The number of aromatic nitrogens is 1. The second-order valence-corrected chi connectivity index (χ2v) is 5.20. The Morgan fingerprint density at radius 2 is 1.86 bits per heavy atom. The van der Waals surface area contributed by atoms with E-state index >= 15 is 0 Å². The predicted octanol–water partition coefficient (Wildman–Crippen LogP) is 3.89. The van der Waals surface area contributed by atoms with E-state index in [1.807, 2.05) is 49.7 Å². The molecular weight excluding hydrogens is 274 g/mol. The van der Waals surface area contributed by atoms with Gasteiger partial charge in [0.05, 0.1) is 5.69 Å². The Labute approximate surface area is 129 Å². The zero-order valence-corrected chi connectivity index (χ0v) is 12.6. The minimum Gasteiger partial charge on any atom is -0.350 e. The number of nitrogens with zero attached hydrogens (tertiary/aromatic N) is 2. The van der Waals surface area contributed by atoms with Crippen LogP contribution in [0.25, 0.3) is 10.9 Å². The monoisotopic (exact) mass is 291 g/mol. The highest BCUT2D eigenvalue weighted by atomic mass is 16.1. The number of carbonyl (C=O) groups excluding carboxylic acids is 1. The van der Waals surface area contributed by atoms with E-state index in [1.54, 1.807) is 0 Å². The smallest absolute Gasteiger partial charge is 0.221 e. The summed E-state index contributed by atoms with van der Waals surface area (Å²) in [6.07, 6.45) is 3.94. The topological polar surface area (TPSA) is 46.4 Å². The molecule has 0 aliphatic rings. The maximum atomic E-state index is 11.0. The number of hydrogen-bond donors (Lipinski definition) is 1. The highest BCUT2D eigenvalue weighted by Crippen LogP contribution is 2.20. The number of rotatable bonds is 3. The maximum absolute atomic E-state index is 11.0. The van der Waals surface area contributed by atoms with Crippen molar-refractivity contribution in [3.8, 4) is 0 Å². The van der Waals surface area contributed by atoms with Crippen molar-refractivity contribution in [1.29, 1.82) is 0 Å². The first-order valence-electron chi connectivity index (χ1n) is 7.09. The second kappa shape index (κ2) is 5.85. The molecule has 0 atom stereocenters. The fourth-order valence-electron chi connectivity index (χ4n) is 2.45. The van der Waals surface area contributed by atoms with Crippen LogP contribution >= 0.6 is 0 Å². The highest BCUT2D eigenvalue weighted by Gasteiger charge is 2.03. The first-order chi connectivity index (χ1) is 10.6. The maximum Gasteiger partial charge on any atom is 0.221 e. The lowest BCUT2D eigenvalue weighted by Crippen LogP contribution is -2.04. The van der Waals surface area contributed by atoms with Crippen LogP contribution in [0.1, 0.15) is 12.5 Å². The molecule has 110 valence electrons. The molecule has 0 bridgehead atoms. The molecule has 1 heterocycles. The third kappa shape index (κ3) is 2.91. The van der Waals surface area contributed by atoms with E-state index in [1.165, 1.54) is 17.8 Å². The van der Waals surface area contributed by atoms with E-state index in [0.717, 1.165) is 16.9 Å². The minimum absolute atomic E-state index is 0.0768. The summed E-state index contributed by atoms with van der Waals surface area (Å²) in [4.78, 5) is 15.5. The minimum atomic E-state index is -0.0768. The van der Waals surface area contributed by atoms with Crippen LogP contribution in [0.4, 0.5) is 11.4 Å². The van der Waals surface area contributed by atoms with Gasteiger partial charge in [-0.1, -0.05) is 18.2 Å². The Kier molecular flexibility index (Phi) is 3.74. The van der Waals surface area contributed by atoms with E-state index in [0.29, 0.717) is 0 Å². The van der Waals surface area contributed by atoms with Gasteiger partial charge in [0.25, 0.3) is 0 Å². The average molecular weight is 291 g/mol. The van der Waals surface area contributed by atoms with E-state index in [-0.39, 0.29) is 5.91 Å². The molecule has 0 aliphatic carbocycles. The van der Waals surface area contributed by atoms with Crippen LogP contribution in [-0.4, -0.2) is 16.7 Å². The van der Waals surface area contributed by atoms with Crippen LogP contribution in [0.2, 0.25) is 0 Å². The molecule has 0 unspecified atom stereocenters. The standard InChI is InChI=1S/C18H17N3O/c1-13(22)20-16-9-7-15(8-10-16)19-11-14-12-21(2)18-6-4-3-5-17(14)18/h3-12H,1-2H3,(H,20,22). The fourth-order valence-corrected chi connectivity index (χ4v) is 2.45. The van der Waals surface area contributed by atoms with Gasteiger partial charge in [0, 0.05) is 48.5 Å². The van der Waals surface area contributed by atoms with Gasteiger partial charge in [-0.2, -0.15) is 0 Å². The Bertz CT molecular complexity index is 844. The average Bonchev–Trinajstić information content (AvgIpc) is 2.83. The highest BCUT2D eigenvalue weighted by molar-refractivity contribution is 6.00. The SMILES string of the molecule is CC(=O)Nc1ccc(N=Cc2cn(C)c3ccccc23)cc1. The third-order valence-electron chi connectivity index (χ3n) is 3.47. The Morgan fingerprint density at radius 1 is 1.14 bits per heavy atom. The van der Waals surface area contributed by atoms with Crippen LogP contribution in [0, 0.1) is 0 Å². The molecule has 0 fully saturated rings. The third-order valence-corrected chi connectivity index (χ3v) is 3.47. The van der Waals surface area contributed by atoms with E-state index in [9.17, 15) is 4.79 Å². The summed E-state index contributed by atoms with van der Waals surface area (Å²) in [7, 11) is 2.03. The van der Waals surface area contributed by atoms with Gasteiger partial charge >= 0.3 is 0 Å². The number of aliphatic imine (C=N–C) groups is 1. The summed E-state index contributed by atoms with van der Waals surface area (Å²) in [5, 5.41) is 3.92.